The predicted octanol–water partition coefficient (Wildman–Crippen LogP) is 13.0. The van der Waals surface area contributed by atoms with Crippen molar-refractivity contribution in [1.82, 2.24) is 0 Å². The van der Waals surface area contributed by atoms with Crippen LogP contribution < -0.4 is 5.73 Å². The summed E-state index contributed by atoms with van der Waals surface area (Å²) >= 11 is 0. The van der Waals surface area contributed by atoms with Crippen LogP contribution in [-0.4, -0.2) is 11.3 Å². The number of epoxide rings is 1. The summed E-state index contributed by atoms with van der Waals surface area (Å²) in [7, 11) is 0. The van der Waals surface area contributed by atoms with Gasteiger partial charge < -0.3 is 10.5 Å². The molecule has 0 aromatic rings. The minimum Gasteiger partial charge on any atom is -0.347 e. The van der Waals surface area contributed by atoms with Gasteiger partial charge in [0.2, 0.25) is 0 Å². The van der Waals surface area contributed by atoms with Gasteiger partial charge in [0.15, 0.2) is 0 Å². The standard InChI is InChI=1S/C37H75NO/c1-4-7-9-11-13-15-17-19-21-23-25-27-29-31-33-35-37(38)36(6-3,39-37)34-32-30-28-26-24-22-20-18-16-14-12-10-8-5-2/h4-35,38H2,1-3H3. The summed E-state index contributed by atoms with van der Waals surface area (Å²) in [4.78, 5) is 0. The van der Waals surface area contributed by atoms with Gasteiger partial charge in [-0.15, -0.1) is 0 Å². The van der Waals surface area contributed by atoms with Crippen molar-refractivity contribution in [3.63, 3.8) is 0 Å². The van der Waals surface area contributed by atoms with Crippen molar-refractivity contribution >= 4 is 0 Å². The van der Waals surface area contributed by atoms with Gasteiger partial charge >= 0.3 is 0 Å². The van der Waals surface area contributed by atoms with E-state index in [2.05, 4.69) is 20.8 Å². The fourth-order valence-electron chi connectivity index (χ4n) is 6.78. The summed E-state index contributed by atoms with van der Waals surface area (Å²) in [6.45, 7) is 6.88. The molecule has 0 amide bonds. The minimum atomic E-state index is -0.311. The average Bonchev–Trinajstić information content (AvgIpc) is 3.54. The van der Waals surface area contributed by atoms with Gasteiger partial charge in [0.25, 0.3) is 0 Å². The number of hydrogen-bond acceptors (Lipinski definition) is 2. The van der Waals surface area contributed by atoms with E-state index in [1.807, 2.05) is 0 Å². The summed E-state index contributed by atoms with van der Waals surface area (Å²) < 4.78 is 6.25. The van der Waals surface area contributed by atoms with Crippen LogP contribution in [0.4, 0.5) is 0 Å². The molecule has 1 saturated heterocycles. The van der Waals surface area contributed by atoms with E-state index in [0.717, 1.165) is 12.8 Å². The van der Waals surface area contributed by atoms with Crippen LogP contribution in [0.5, 0.6) is 0 Å². The Morgan fingerprint density at radius 2 is 0.615 bits per heavy atom. The second kappa shape index (κ2) is 25.6. The molecule has 234 valence electrons. The van der Waals surface area contributed by atoms with Gasteiger partial charge in [0, 0.05) is 0 Å². The topological polar surface area (TPSA) is 38.5 Å². The summed E-state index contributed by atoms with van der Waals surface area (Å²) in [6, 6.07) is 0. The Kier molecular flexibility index (Phi) is 24.3. The SMILES string of the molecule is CCCCCCCCCCCCCCCCCC1(N)OC1(CC)CCCCCCCCCCCCCCCC. The predicted molar refractivity (Wildman–Crippen MR) is 176 cm³/mol. The lowest BCUT2D eigenvalue weighted by atomic mass is 9.88. The summed E-state index contributed by atoms with van der Waals surface area (Å²) in [5.74, 6) is 0. The Hall–Kier alpha value is -0.0800. The number of rotatable bonds is 32. The van der Waals surface area contributed by atoms with Crippen LogP contribution in [0.3, 0.4) is 0 Å². The van der Waals surface area contributed by atoms with E-state index in [9.17, 15) is 0 Å². The molecular formula is C37H75NO. The van der Waals surface area contributed by atoms with E-state index in [4.69, 9.17) is 10.5 Å². The first kappa shape index (κ1) is 36.9. The van der Waals surface area contributed by atoms with E-state index >= 15 is 0 Å². The molecule has 0 spiro atoms. The van der Waals surface area contributed by atoms with Gasteiger partial charge in [0.05, 0.1) is 0 Å². The first-order valence-electron chi connectivity index (χ1n) is 18.6. The van der Waals surface area contributed by atoms with Crippen LogP contribution in [0.2, 0.25) is 0 Å². The van der Waals surface area contributed by atoms with Crippen molar-refractivity contribution in [2.45, 2.75) is 238 Å². The van der Waals surface area contributed by atoms with Crippen molar-refractivity contribution in [2.24, 2.45) is 5.73 Å². The van der Waals surface area contributed by atoms with Gasteiger partial charge in [-0.3, -0.25) is 0 Å². The van der Waals surface area contributed by atoms with E-state index in [1.165, 1.54) is 193 Å². The molecule has 0 aromatic carbocycles. The van der Waals surface area contributed by atoms with E-state index in [-0.39, 0.29) is 11.3 Å². The highest BCUT2D eigenvalue weighted by atomic mass is 16.6. The summed E-state index contributed by atoms with van der Waals surface area (Å²) in [5.41, 5.74) is 6.41. The number of hydrogen-bond donors (Lipinski definition) is 1. The van der Waals surface area contributed by atoms with Gasteiger partial charge in [-0.05, 0) is 25.7 Å². The van der Waals surface area contributed by atoms with Gasteiger partial charge in [-0.25, -0.2) is 0 Å². The second-order valence-corrected chi connectivity index (χ2v) is 13.4. The molecule has 0 saturated carbocycles. The van der Waals surface area contributed by atoms with E-state index in [0.29, 0.717) is 0 Å². The maximum absolute atomic E-state index is 6.72. The quantitative estimate of drug-likeness (QED) is 0.0669. The Bertz CT molecular complexity index is 508. The highest BCUT2D eigenvalue weighted by Gasteiger charge is 2.65. The van der Waals surface area contributed by atoms with E-state index in [1.54, 1.807) is 0 Å². The summed E-state index contributed by atoms with van der Waals surface area (Å²) in [6.07, 6.45) is 44.5. The average molecular weight is 550 g/mol. The molecule has 1 rings (SSSR count). The molecule has 2 atom stereocenters. The molecule has 0 radical (unpaired) electrons. The Morgan fingerprint density at radius 1 is 0.359 bits per heavy atom. The molecule has 1 aliphatic heterocycles. The van der Waals surface area contributed by atoms with Gasteiger partial charge in [-0.1, -0.05) is 201 Å². The molecule has 2 heteroatoms. The fraction of sp³-hybridized carbons (Fsp3) is 1.00. The first-order valence-corrected chi connectivity index (χ1v) is 18.6. The second-order valence-electron chi connectivity index (χ2n) is 13.4. The van der Waals surface area contributed by atoms with Gasteiger partial charge in [0.1, 0.15) is 11.3 Å². The zero-order valence-electron chi connectivity index (χ0n) is 27.6. The third-order valence-corrected chi connectivity index (χ3v) is 9.76. The van der Waals surface area contributed by atoms with Crippen LogP contribution in [0.1, 0.15) is 226 Å². The Morgan fingerprint density at radius 3 is 0.897 bits per heavy atom. The number of nitrogens with two attached hydrogens (primary N) is 1. The van der Waals surface area contributed by atoms with Crippen molar-refractivity contribution in [1.29, 1.82) is 0 Å². The fourth-order valence-corrected chi connectivity index (χ4v) is 6.78. The Labute approximate surface area is 247 Å². The lowest BCUT2D eigenvalue weighted by Crippen LogP contribution is -2.34. The summed E-state index contributed by atoms with van der Waals surface area (Å²) in [5, 5.41) is 0. The third-order valence-electron chi connectivity index (χ3n) is 9.76. The maximum Gasteiger partial charge on any atom is 0.147 e. The van der Waals surface area contributed by atoms with Crippen LogP contribution in [-0.2, 0) is 4.74 Å². The number of unbranched alkanes of at least 4 members (excludes halogenated alkanes) is 27. The van der Waals surface area contributed by atoms with Crippen LogP contribution in [0.25, 0.3) is 0 Å². The van der Waals surface area contributed by atoms with Crippen molar-refractivity contribution in [3.8, 4) is 0 Å². The molecule has 39 heavy (non-hydrogen) atoms. The molecule has 1 heterocycles. The molecule has 2 N–H and O–H groups in total. The lowest BCUT2D eigenvalue weighted by molar-refractivity contribution is 0.240. The minimum absolute atomic E-state index is 0.000128. The van der Waals surface area contributed by atoms with Gasteiger partial charge in [-0.2, -0.15) is 0 Å². The lowest BCUT2D eigenvalue weighted by Gasteiger charge is -2.15. The molecule has 0 bridgehead atoms. The van der Waals surface area contributed by atoms with Crippen LogP contribution in [0, 0.1) is 0 Å². The monoisotopic (exact) mass is 550 g/mol. The highest BCUT2D eigenvalue weighted by Crippen LogP contribution is 2.53. The third kappa shape index (κ3) is 18.9. The highest BCUT2D eigenvalue weighted by molar-refractivity contribution is 5.11. The first-order chi connectivity index (χ1) is 19.1. The smallest absolute Gasteiger partial charge is 0.147 e. The van der Waals surface area contributed by atoms with Crippen molar-refractivity contribution in [2.75, 3.05) is 0 Å². The largest absolute Gasteiger partial charge is 0.347 e. The molecule has 1 fully saturated rings. The maximum atomic E-state index is 6.72. The zero-order chi connectivity index (χ0) is 28.3. The molecule has 2 nitrogen and oxygen atoms in total. The molecular weight excluding hydrogens is 474 g/mol. The van der Waals surface area contributed by atoms with Crippen LogP contribution >= 0.6 is 0 Å². The molecule has 2 unspecified atom stereocenters. The van der Waals surface area contributed by atoms with Crippen molar-refractivity contribution < 1.29 is 4.74 Å². The van der Waals surface area contributed by atoms with Crippen LogP contribution in [0.15, 0.2) is 0 Å². The molecule has 1 aliphatic rings. The molecule has 0 aliphatic carbocycles. The van der Waals surface area contributed by atoms with Crippen molar-refractivity contribution in [3.05, 3.63) is 0 Å². The zero-order valence-corrected chi connectivity index (χ0v) is 27.6. The normalized spacial score (nSPS) is 20.6. The Balaban J connectivity index is 1.88. The molecule has 0 aromatic heterocycles. The number of ether oxygens (including phenoxy) is 1. The van der Waals surface area contributed by atoms with E-state index < -0.39 is 0 Å².